The van der Waals surface area contributed by atoms with E-state index in [1.54, 1.807) is 11.0 Å². The highest BCUT2D eigenvalue weighted by Gasteiger charge is 2.37. The van der Waals surface area contributed by atoms with Crippen LogP contribution in [0, 0.1) is 17.6 Å². The smallest absolute Gasteiger partial charge is 0.251 e. The zero-order valence-corrected chi connectivity index (χ0v) is 14.0. The van der Waals surface area contributed by atoms with Crippen molar-refractivity contribution in [3.63, 3.8) is 0 Å². The van der Waals surface area contributed by atoms with E-state index in [1.165, 1.54) is 6.07 Å². The molecule has 2 aliphatic rings. The van der Waals surface area contributed by atoms with Gasteiger partial charge in [-0.15, -0.1) is 0 Å². The number of benzene rings is 1. The molecule has 138 valence electrons. The number of alkyl halides is 2. The monoisotopic (exact) mass is 358 g/mol. The molecule has 0 atom stereocenters. The molecule has 7 heteroatoms. The zero-order valence-electron chi connectivity index (χ0n) is 14.0. The Morgan fingerprint density at radius 1 is 1.04 bits per heavy atom. The summed E-state index contributed by atoms with van der Waals surface area (Å²) in [5.74, 6) is -4.52. The van der Waals surface area contributed by atoms with E-state index in [2.05, 4.69) is 4.90 Å². The first kappa shape index (κ1) is 18.2. The first-order valence-corrected chi connectivity index (χ1v) is 8.67. The number of carbonyl (C=O) groups is 1. The third kappa shape index (κ3) is 4.51. The topological polar surface area (TPSA) is 23.6 Å². The van der Waals surface area contributed by atoms with Gasteiger partial charge in [-0.05, 0) is 43.6 Å². The molecule has 0 bridgehead atoms. The molecular weight excluding hydrogens is 336 g/mol. The number of hydrogen-bond acceptors (Lipinski definition) is 2. The standard InChI is InChI=1S/C18H22F4N2O/c19-15-2-1-13(11-16(15)20)12-23-7-3-14(4-8-23)17(25)24-9-5-18(21,22)6-10-24/h1-2,11,14H,3-10,12H2. The lowest BCUT2D eigenvalue weighted by molar-refractivity contribution is -0.143. The summed E-state index contributed by atoms with van der Waals surface area (Å²) in [6, 6.07) is 3.87. The second kappa shape index (κ2) is 7.32. The maximum atomic E-state index is 13.3. The van der Waals surface area contributed by atoms with Crippen molar-refractivity contribution in [2.75, 3.05) is 26.2 Å². The van der Waals surface area contributed by atoms with Crippen LogP contribution in [0.2, 0.25) is 0 Å². The molecule has 25 heavy (non-hydrogen) atoms. The number of amides is 1. The number of hydrogen-bond donors (Lipinski definition) is 0. The minimum atomic E-state index is -2.65. The van der Waals surface area contributed by atoms with Crippen molar-refractivity contribution in [2.45, 2.75) is 38.2 Å². The minimum Gasteiger partial charge on any atom is -0.342 e. The average Bonchev–Trinajstić information content (AvgIpc) is 2.58. The maximum absolute atomic E-state index is 13.3. The maximum Gasteiger partial charge on any atom is 0.251 e. The highest BCUT2D eigenvalue weighted by atomic mass is 19.3. The molecule has 0 spiro atoms. The third-order valence-electron chi connectivity index (χ3n) is 5.13. The van der Waals surface area contributed by atoms with E-state index >= 15 is 0 Å². The summed E-state index contributed by atoms with van der Waals surface area (Å²) in [5, 5.41) is 0. The molecule has 0 N–H and O–H groups in total. The number of halogens is 4. The van der Waals surface area contributed by atoms with Gasteiger partial charge in [-0.3, -0.25) is 9.69 Å². The third-order valence-corrected chi connectivity index (χ3v) is 5.13. The van der Waals surface area contributed by atoms with Gasteiger partial charge in [-0.25, -0.2) is 17.6 Å². The van der Waals surface area contributed by atoms with Crippen LogP contribution >= 0.6 is 0 Å². The van der Waals surface area contributed by atoms with Crippen LogP contribution in [-0.2, 0) is 11.3 Å². The number of rotatable bonds is 3. The molecule has 3 rings (SSSR count). The van der Waals surface area contributed by atoms with Crippen LogP contribution in [0.15, 0.2) is 18.2 Å². The molecule has 1 amide bonds. The van der Waals surface area contributed by atoms with Crippen molar-refractivity contribution >= 4 is 5.91 Å². The Balaban J connectivity index is 1.48. The first-order valence-electron chi connectivity index (χ1n) is 8.67. The van der Waals surface area contributed by atoms with Gasteiger partial charge in [-0.2, -0.15) is 0 Å². The summed E-state index contributed by atoms with van der Waals surface area (Å²) in [4.78, 5) is 16.1. The van der Waals surface area contributed by atoms with E-state index in [4.69, 9.17) is 0 Å². The summed E-state index contributed by atoms with van der Waals surface area (Å²) >= 11 is 0. The fourth-order valence-corrected chi connectivity index (χ4v) is 3.55. The fraction of sp³-hybridized carbons (Fsp3) is 0.611. The van der Waals surface area contributed by atoms with Crippen LogP contribution in [-0.4, -0.2) is 47.8 Å². The van der Waals surface area contributed by atoms with Crippen molar-refractivity contribution in [3.05, 3.63) is 35.4 Å². The molecule has 2 heterocycles. The van der Waals surface area contributed by atoms with Crippen molar-refractivity contribution in [1.82, 2.24) is 9.80 Å². The highest BCUT2D eigenvalue weighted by molar-refractivity contribution is 5.79. The number of likely N-dealkylation sites (tertiary alicyclic amines) is 2. The van der Waals surface area contributed by atoms with Crippen LogP contribution in [0.1, 0.15) is 31.2 Å². The lowest BCUT2D eigenvalue weighted by Gasteiger charge is -2.37. The Labute approximate surface area is 144 Å². The van der Waals surface area contributed by atoms with Crippen LogP contribution in [0.25, 0.3) is 0 Å². The highest BCUT2D eigenvalue weighted by Crippen LogP contribution is 2.30. The van der Waals surface area contributed by atoms with E-state index in [-0.39, 0.29) is 37.8 Å². The lowest BCUT2D eigenvalue weighted by Crippen LogP contribution is -2.47. The Bertz CT molecular complexity index is 620. The largest absolute Gasteiger partial charge is 0.342 e. The van der Waals surface area contributed by atoms with Gasteiger partial charge in [0.05, 0.1) is 0 Å². The summed E-state index contributed by atoms with van der Waals surface area (Å²) in [6.45, 7) is 2.12. The molecule has 0 aliphatic carbocycles. The molecular formula is C18H22F4N2O. The summed E-state index contributed by atoms with van der Waals surface area (Å²) in [6.07, 6.45) is 0.812. The van der Waals surface area contributed by atoms with E-state index in [0.29, 0.717) is 38.0 Å². The summed E-state index contributed by atoms with van der Waals surface area (Å²) in [7, 11) is 0. The Morgan fingerprint density at radius 3 is 2.28 bits per heavy atom. The van der Waals surface area contributed by atoms with Gasteiger partial charge in [0.15, 0.2) is 11.6 Å². The second-order valence-corrected chi connectivity index (χ2v) is 6.98. The molecule has 0 saturated carbocycles. The van der Waals surface area contributed by atoms with Gasteiger partial charge < -0.3 is 4.90 Å². The molecule has 0 radical (unpaired) electrons. The zero-order chi connectivity index (χ0) is 18.0. The number of nitrogens with zero attached hydrogens (tertiary/aromatic N) is 2. The average molecular weight is 358 g/mol. The van der Waals surface area contributed by atoms with Gasteiger partial charge in [0.2, 0.25) is 5.91 Å². The van der Waals surface area contributed by atoms with E-state index in [0.717, 1.165) is 6.07 Å². The second-order valence-electron chi connectivity index (χ2n) is 6.98. The molecule has 2 saturated heterocycles. The van der Waals surface area contributed by atoms with E-state index < -0.39 is 17.6 Å². The van der Waals surface area contributed by atoms with Crippen LogP contribution < -0.4 is 0 Å². The summed E-state index contributed by atoms with van der Waals surface area (Å²) < 4.78 is 52.6. The van der Waals surface area contributed by atoms with Crippen molar-refractivity contribution in [3.8, 4) is 0 Å². The van der Waals surface area contributed by atoms with Crippen LogP contribution in [0.4, 0.5) is 17.6 Å². The van der Waals surface area contributed by atoms with Gasteiger partial charge in [-0.1, -0.05) is 6.07 Å². The van der Waals surface area contributed by atoms with Crippen LogP contribution in [0.3, 0.4) is 0 Å². The summed E-state index contributed by atoms with van der Waals surface area (Å²) in [5.41, 5.74) is 0.696. The molecule has 2 fully saturated rings. The van der Waals surface area contributed by atoms with Crippen molar-refractivity contribution < 1.29 is 22.4 Å². The first-order chi connectivity index (χ1) is 11.8. The molecule has 0 aromatic heterocycles. The molecule has 1 aromatic carbocycles. The minimum absolute atomic E-state index is 0.0250. The molecule has 0 unspecified atom stereocenters. The van der Waals surface area contributed by atoms with E-state index in [9.17, 15) is 22.4 Å². The van der Waals surface area contributed by atoms with Crippen molar-refractivity contribution in [2.24, 2.45) is 5.92 Å². The Hall–Kier alpha value is -1.63. The normalized spacial score (nSPS) is 22.2. The predicted octanol–water partition coefficient (Wildman–Crippen LogP) is 3.43. The van der Waals surface area contributed by atoms with Gasteiger partial charge >= 0.3 is 0 Å². The number of piperidine rings is 2. The molecule has 1 aromatic rings. The lowest BCUT2D eigenvalue weighted by atomic mass is 9.93. The van der Waals surface area contributed by atoms with E-state index in [1.807, 2.05) is 0 Å². The van der Waals surface area contributed by atoms with Crippen molar-refractivity contribution in [1.29, 1.82) is 0 Å². The van der Waals surface area contributed by atoms with Gasteiger partial charge in [0, 0.05) is 38.4 Å². The van der Waals surface area contributed by atoms with Crippen LogP contribution in [0.5, 0.6) is 0 Å². The van der Waals surface area contributed by atoms with Gasteiger partial charge in [0.1, 0.15) is 0 Å². The predicted molar refractivity (Wildman–Crippen MR) is 85.1 cm³/mol. The molecule has 3 nitrogen and oxygen atoms in total. The SMILES string of the molecule is O=C(C1CCN(Cc2ccc(F)c(F)c2)CC1)N1CCC(F)(F)CC1. The Morgan fingerprint density at radius 2 is 1.68 bits per heavy atom. The van der Waals surface area contributed by atoms with Gasteiger partial charge in [0.25, 0.3) is 5.92 Å². The Kier molecular flexibility index (Phi) is 5.32. The number of carbonyl (C=O) groups excluding carboxylic acids is 1. The molecule has 2 aliphatic heterocycles. The quantitative estimate of drug-likeness (QED) is 0.773. The fourth-order valence-electron chi connectivity index (χ4n) is 3.55.